The molecule has 1 atom stereocenters. The SMILES string of the molecule is CCCCCCC(C)NC(=O)/C=C/c1ccccc1[N+](=O)[O-]. The average molecular weight is 304 g/mol. The third-order valence-corrected chi connectivity index (χ3v) is 3.43. The van der Waals surface area contributed by atoms with E-state index in [-0.39, 0.29) is 17.6 Å². The molecule has 22 heavy (non-hydrogen) atoms. The first-order chi connectivity index (χ1) is 10.5. The van der Waals surface area contributed by atoms with Crippen LogP contribution >= 0.6 is 0 Å². The standard InChI is InChI=1S/C17H24N2O3/c1-3-4-5-6-9-14(2)18-17(20)13-12-15-10-7-8-11-16(15)19(21)22/h7-8,10-14H,3-6,9H2,1-2H3,(H,18,20)/b13-12+. The number of nitro benzene ring substituents is 1. The highest BCUT2D eigenvalue weighted by molar-refractivity contribution is 5.92. The Morgan fingerprint density at radius 3 is 2.73 bits per heavy atom. The van der Waals surface area contributed by atoms with E-state index in [9.17, 15) is 14.9 Å². The van der Waals surface area contributed by atoms with Crippen molar-refractivity contribution in [3.05, 3.63) is 46.0 Å². The number of unbranched alkanes of at least 4 members (excludes halogenated alkanes) is 3. The Labute approximate surface area is 131 Å². The number of amides is 1. The highest BCUT2D eigenvalue weighted by Gasteiger charge is 2.10. The molecule has 0 aliphatic rings. The van der Waals surface area contributed by atoms with Crippen molar-refractivity contribution < 1.29 is 9.72 Å². The molecule has 1 amide bonds. The minimum Gasteiger partial charge on any atom is -0.350 e. The normalized spacial score (nSPS) is 12.3. The summed E-state index contributed by atoms with van der Waals surface area (Å²) < 4.78 is 0. The molecule has 0 aliphatic carbocycles. The van der Waals surface area contributed by atoms with Gasteiger partial charge in [0.15, 0.2) is 0 Å². The maximum absolute atomic E-state index is 11.8. The minimum atomic E-state index is -0.450. The van der Waals surface area contributed by atoms with Gasteiger partial charge in [-0.25, -0.2) is 0 Å². The van der Waals surface area contributed by atoms with Crippen molar-refractivity contribution in [1.82, 2.24) is 5.32 Å². The third kappa shape index (κ3) is 6.52. The number of para-hydroxylation sites is 1. The first-order valence-electron chi connectivity index (χ1n) is 7.76. The van der Waals surface area contributed by atoms with E-state index < -0.39 is 4.92 Å². The molecule has 1 aromatic carbocycles. The van der Waals surface area contributed by atoms with Gasteiger partial charge in [0, 0.05) is 18.2 Å². The lowest BCUT2D eigenvalue weighted by Gasteiger charge is -2.11. The molecule has 0 aromatic heterocycles. The Morgan fingerprint density at radius 1 is 1.32 bits per heavy atom. The van der Waals surface area contributed by atoms with Gasteiger partial charge in [-0.05, 0) is 25.5 Å². The molecule has 1 aromatic rings. The number of carbonyl (C=O) groups is 1. The third-order valence-electron chi connectivity index (χ3n) is 3.43. The van der Waals surface area contributed by atoms with Gasteiger partial charge in [-0.15, -0.1) is 0 Å². The molecule has 0 radical (unpaired) electrons. The fourth-order valence-electron chi connectivity index (χ4n) is 2.20. The van der Waals surface area contributed by atoms with Crippen molar-refractivity contribution in [2.45, 2.75) is 52.0 Å². The van der Waals surface area contributed by atoms with Crippen molar-refractivity contribution in [1.29, 1.82) is 0 Å². The largest absolute Gasteiger partial charge is 0.350 e. The van der Waals surface area contributed by atoms with Crippen LogP contribution < -0.4 is 5.32 Å². The fraction of sp³-hybridized carbons (Fsp3) is 0.471. The van der Waals surface area contributed by atoms with Gasteiger partial charge in [0.1, 0.15) is 0 Å². The zero-order valence-electron chi connectivity index (χ0n) is 13.2. The van der Waals surface area contributed by atoms with Gasteiger partial charge in [-0.3, -0.25) is 14.9 Å². The van der Waals surface area contributed by atoms with E-state index in [0.717, 1.165) is 12.8 Å². The predicted molar refractivity (Wildman–Crippen MR) is 88.5 cm³/mol. The van der Waals surface area contributed by atoms with Crippen molar-refractivity contribution in [2.24, 2.45) is 0 Å². The number of nitrogens with zero attached hydrogens (tertiary/aromatic N) is 1. The molecular weight excluding hydrogens is 280 g/mol. The lowest BCUT2D eigenvalue weighted by atomic mass is 10.1. The minimum absolute atomic E-state index is 0.000774. The van der Waals surface area contributed by atoms with Crippen LogP contribution in [0.2, 0.25) is 0 Å². The molecule has 5 nitrogen and oxygen atoms in total. The summed E-state index contributed by atoms with van der Waals surface area (Å²) >= 11 is 0. The van der Waals surface area contributed by atoms with Gasteiger partial charge in [-0.1, -0.05) is 44.7 Å². The first kappa shape index (κ1) is 17.9. The number of rotatable bonds is 9. The molecule has 120 valence electrons. The van der Waals surface area contributed by atoms with Crippen LogP contribution in [0.1, 0.15) is 51.5 Å². The van der Waals surface area contributed by atoms with Crippen LogP contribution in [0.4, 0.5) is 5.69 Å². The number of carbonyl (C=O) groups excluding carboxylic acids is 1. The molecule has 5 heteroatoms. The average Bonchev–Trinajstić information content (AvgIpc) is 2.49. The second-order valence-corrected chi connectivity index (χ2v) is 5.41. The fourth-order valence-corrected chi connectivity index (χ4v) is 2.20. The smallest absolute Gasteiger partial charge is 0.276 e. The van der Waals surface area contributed by atoms with Crippen molar-refractivity contribution >= 4 is 17.7 Å². The van der Waals surface area contributed by atoms with Gasteiger partial charge < -0.3 is 5.32 Å². The molecule has 0 heterocycles. The molecule has 0 saturated carbocycles. The Hall–Kier alpha value is -2.17. The summed E-state index contributed by atoms with van der Waals surface area (Å²) in [5.74, 6) is -0.221. The van der Waals surface area contributed by atoms with Crippen LogP contribution in [0.15, 0.2) is 30.3 Å². The van der Waals surface area contributed by atoms with E-state index >= 15 is 0 Å². The van der Waals surface area contributed by atoms with Gasteiger partial charge in [0.2, 0.25) is 5.91 Å². The number of nitrogens with one attached hydrogen (secondary N) is 1. The summed E-state index contributed by atoms with van der Waals surface area (Å²) in [6, 6.07) is 6.47. The highest BCUT2D eigenvalue weighted by atomic mass is 16.6. The second kappa shape index (κ2) is 9.71. The predicted octanol–water partition coefficient (Wildman–Crippen LogP) is 4.08. The van der Waals surface area contributed by atoms with E-state index in [1.807, 2.05) is 6.92 Å². The van der Waals surface area contributed by atoms with Gasteiger partial charge in [-0.2, -0.15) is 0 Å². The maximum atomic E-state index is 11.8. The van der Waals surface area contributed by atoms with Crippen molar-refractivity contribution in [2.75, 3.05) is 0 Å². The maximum Gasteiger partial charge on any atom is 0.276 e. The molecule has 1 N–H and O–H groups in total. The number of benzene rings is 1. The zero-order chi connectivity index (χ0) is 16.4. The molecule has 0 bridgehead atoms. The summed E-state index contributed by atoms with van der Waals surface area (Å²) in [6.45, 7) is 4.14. The molecular formula is C17H24N2O3. The molecule has 1 rings (SSSR count). The quantitative estimate of drug-likeness (QED) is 0.323. The molecule has 0 saturated heterocycles. The van der Waals surface area contributed by atoms with E-state index in [1.165, 1.54) is 37.5 Å². The molecule has 1 unspecified atom stereocenters. The van der Waals surface area contributed by atoms with E-state index in [0.29, 0.717) is 5.56 Å². The summed E-state index contributed by atoms with van der Waals surface area (Å²) in [6.07, 6.45) is 8.48. The van der Waals surface area contributed by atoms with Crippen LogP contribution in [0, 0.1) is 10.1 Å². The van der Waals surface area contributed by atoms with Crippen molar-refractivity contribution in [3.63, 3.8) is 0 Å². The second-order valence-electron chi connectivity index (χ2n) is 5.41. The topological polar surface area (TPSA) is 72.2 Å². The van der Waals surface area contributed by atoms with Crippen LogP contribution in [0.3, 0.4) is 0 Å². The Bertz CT molecular complexity index is 526. The summed E-state index contributed by atoms with van der Waals surface area (Å²) in [4.78, 5) is 22.3. The van der Waals surface area contributed by atoms with Crippen LogP contribution in [-0.4, -0.2) is 16.9 Å². The highest BCUT2D eigenvalue weighted by Crippen LogP contribution is 2.18. The number of hydrogen-bond donors (Lipinski definition) is 1. The monoisotopic (exact) mass is 304 g/mol. The van der Waals surface area contributed by atoms with Gasteiger partial charge >= 0.3 is 0 Å². The van der Waals surface area contributed by atoms with Crippen LogP contribution in [-0.2, 0) is 4.79 Å². The van der Waals surface area contributed by atoms with Crippen molar-refractivity contribution in [3.8, 4) is 0 Å². The molecule has 0 spiro atoms. The Balaban J connectivity index is 2.49. The first-order valence-corrected chi connectivity index (χ1v) is 7.76. The van der Waals surface area contributed by atoms with Crippen LogP contribution in [0.25, 0.3) is 6.08 Å². The zero-order valence-corrected chi connectivity index (χ0v) is 13.2. The lowest BCUT2D eigenvalue weighted by molar-refractivity contribution is -0.385. The molecule has 0 aliphatic heterocycles. The van der Waals surface area contributed by atoms with E-state index in [1.54, 1.807) is 18.2 Å². The Kier molecular flexibility index (Phi) is 7.89. The number of nitro groups is 1. The van der Waals surface area contributed by atoms with Crippen LogP contribution in [0.5, 0.6) is 0 Å². The Morgan fingerprint density at radius 2 is 2.05 bits per heavy atom. The summed E-state index contributed by atoms with van der Waals surface area (Å²) in [5.41, 5.74) is 0.428. The summed E-state index contributed by atoms with van der Waals surface area (Å²) in [7, 11) is 0. The molecule has 0 fully saturated rings. The van der Waals surface area contributed by atoms with Gasteiger partial charge in [0.25, 0.3) is 5.69 Å². The van der Waals surface area contributed by atoms with E-state index in [2.05, 4.69) is 12.2 Å². The van der Waals surface area contributed by atoms with Gasteiger partial charge in [0.05, 0.1) is 10.5 Å². The number of hydrogen-bond acceptors (Lipinski definition) is 3. The summed E-state index contributed by atoms with van der Waals surface area (Å²) in [5, 5.41) is 13.8. The van der Waals surface area contributed by atoms with E-state index in [4.69, 9.17) is 0 Å². The lowest BCUT2D eigenvalue weighted by Crippen LogP contribution is -2.30.